The lowest BCUT2D eigenvalue weighted by molar-refractivity contribution is 0.558. The van der Waals surface area contributed by atoms with Crippen molar-refractivity contribution in [3.8, 4) is 0 Å². The van der Waals surface area contributed by atoms with Gasteiger partial charge in [-0.25, -0.2) is 39.1 Å². The van der Waals surface area contributed by atoms with E-state index in [1.54, 1.807) is 0 Å². The molecule has 8 nitrogen and oxygen atoms in total. The van der Waals surface area contributed by atoms with E-state index in [0.717, 1.165) is 25.7 Å². The minimum absolute atomic E-state index is 0.221. The highest BCUT2D eigenvalue weighted by Gasteiger charge is 1.87. The molecule has 0 atom stereocenters. The van der Waals surface area contributed by atoms with Crippen LogP contribution in [0.5, 0.6) is 0 Å². The lowest BCUT2D eigenvalue weighted by Crippen LogP contribution is -1.84. The topological polar surface area (TPSA) is 118 Å². The van der Waals surface area contributed by atoms with Gasteiger partial charge in [-0.1, -0.05) is 12.8 Å². The monoisotopic (exact) mass is 280 g/mol. The molecule has 0 aromatic heterocycles. The molecule has 0 bridgehead atoms. The zero-order valence-electron chi connectivity index (χ0n) is 11.1. The average Bonchev–Trinajstić information content (AvgIpc) is 2.47. The molecule has 0 aliphatic carbocycles. The molecular formula is C12H16N4O4. The van der Waals surface area contributed by atoms with E-state index in [9.17, 15) is 19.2 Å². The average molecular weight is 280 g/mol. The highest BCUT2D eigenvalue weighted by Crippen LogP contribution is 1.99. The van der Waals surface area contributed by atoms with Crippen molar-refractivity contribution in [3.63, 3.8) is 0 Å². The van der Waals surface area contributed by atoms with Crippen LogP contribution in [0.4, 0.5) is 0 Å². The number of nitrogens with zero attached hydrogens (tertiary/aromatic N) is 4. The van der Waals surface area contributed by atoms with Gasteiger partial charge in [-0.05, 0) is 12.8 Å². The zero-order valence-corrected chi connectivity index (χ0v) is 11.1. The van der Waals surface area contributed by atoms with Crippen LogP contribution in [0.2, 0.25) is 0 Å². The van der Waals surface area contributed by atoms with Gasteiger partial charge in [0.15, 0.2) is 0 Å². The van der Waals surface area contributed by atoms with Crippen LogP contribution in [0.15, 0.2) is 20.0 Å². The summed E-state index contributed by atoms with van der Waals surface area (Å²) in [4.78, 5) is 51.0. The molecule has 0 aromatic rings. The molecule has 0 spiro atoms. The number of carbonyl (C=O) groups excluding carboxylic acids is 4. The van der Waals surface area contributed by atoms with Crippen LogP contribution in [0, 0.1) is 0 Å². The largest absolute Gasteiger partial charge is 0.235 e. The fraction of sp³-hybridized carbons (Fsp3) is 0.667. The molecule has 0 fully saturated rings. The summed E-state index contributed by atoms with van der Waals surface area (Å²) in [6.07, 6.45) is 9.42. The van der Waals surface area contributed by atoms with Crippen LogP contribution < -0.4 is 0 Å². The standard InChI is InChI=1S/C8H12N2O2.C4H4N2O2/c11-7-9-5-3-1-2-4-6-10-8-12;7-3-5-1-2-6-4-8/h1-6H2;1-2H2. The van der Waals surface area contributed by atoms with Gasteiger partial charge < -0.3 is 0 Å². The Morgan fingerprint density at radius 3 is 1.05 bits per heavy atom. The fourth-order valence-electron chi connectivity index (χ4n) is 1.02. The van der Waals surface area contributed by atoms with Crippen LogP contribution in [-0.4, -0.2) is 50.5 Å². The Morgan fingerprint density at radius 2 is 0.750 bits per heavy atom. The van der Waals surface area contributed by atoms with Gasteiger partial charge in [-0.15, -0.1) is 0 Å². The van der Waals surface area contributed by atoms with Crippen molar-refractivity contribution in [3.05, 3.63) is 0 Å². The maximum Gasteiger partial charge on any atom is 0.235 e. The molecule has 0 aliphatic rings. The Balaban J connectivity index is 0. The van der Waals surface area contributed by atoms with Crippen molar-refractivity contribution in [2.24, 2.45) is 20.0 Å². The lowest BCUT2D eigenvalue weighted by Gasteiger charge is -1.93. The summed E-state index contributed by atoms with van der Waals surface area (Å²) in [7, 11) is 0. The first kappa shape index (κ1) is 19.9. The zero-order chi connectivity index (χ0) is 15.3. The molecule has 20 heavy (non-hydrogen) atoms. The molecule has 108 valence electrons. The highest BCUT2D eigenvalue weighted by atomic mass is 16.1. The Bertz CT molecular complexity index is 373. The number of aliphatic imine (C=N–C) groups is 4. The molecule has 0 N–H and O–H groups in total. The van der Waals surface area contributed by atoms with Gasteiger partial charge in [0.25, 0.3) is 0 Å². The van der Waals surface area contributed by atoms with Gasteiger partial charge in [0.1, 0.15) is 0 Å². The third-order valence-corrected chi connectivity index (χ3v) is 1.87. The van der Waals surface area contributed by atoms with Gasteiger partial charge in [-0.2, -0.15) is 0 Å². The fourth-order valence-corrected chi connectivity index (χ4v) is 1.02. The summed E-state index contributed by atoms with van der Waals surface area (Å²) < 4.78 is 0. The number of hydrogen-bond donors (Lipinski definition) is 0. The van der Waals surface area contributed by atoms with E-state index >= 15 is 0 Å². The molecule has 8 heteroatoms. The van der Waals surface area contributed by atoms with E-state index in [2.05, 4.69) is 20.0 Å². The molecule has 0 saturated carbocycles. The maximum absolute atomic E-state index is 9.63. The van der Waals surface area contributed by atoms with Crippen LogP contribution in [0.1, 0.15) is 25.7 Å². The minimum atomic E-state index is 0.221. The van der Waals surface area contributed by atoms with Crippen LogP contribution in [0.3, 0.4) is 0 Å². The van der Waals surface area contributed by atoms with E-state index in [1.807, 2.05) is 0 Å². The van der Waals surface area contributed by atoms with Crippen LogP contribution in [0.25, 0.3) is 0 Å². The number of isocyanates is 4. The molecule has 0 aromatic carbocycles. The Hall–Kier alpha value is -2.48. The van der Waals surface area contributed by atoms with Crippen molar-refractivity contribution < 1.29 is 19.2 Å². The summed E-state index contributed by atoms with van der Waals surface area (Å²) in [5.74, 6) is 0. The second-order valence-electron chi connectivity index (χ2n) is 3.31. The van der Waals surface area contributed by atoms with Crippen LogP contribution in [-0.2, 0) is 19.2 Å². The predicted molar refractivity (Wildman–Crippen MR) is 70.4 cm³/mol. The minimum Gasteiger partial charge on any atom is -0.211 e. The Labute approximate surface area is 116 Å². The Kier molecular flexibility index (Phi) is 21.6. The third kappa shape index (κ3) is 24.7. The molecule has 0 radical (unpaired) electrons. The van der Waals surface area contributed by atoms with Gasteiger partial charge >= 0.3 is 0 Å². The van der Waals surface area contributed by atoms with Gasteiger partial charge in [0.05, 0.1) is 26.2 Å². The second-order valence-corrected chi connectivity index (χ2v) is 3.31. The summed E-state index contributed by atoms with van der Waals surface area (Å²) >= 11 is 0. The molecule has 0 rings (SSSR count). The van der Waals surface area contributed by atoms with Crippen molar-refractivity contribution in [1.29, 1.82) is 0 Å². The normalized spacial score (nSPS) is 7.60. The molecular weight excluding hydrogens is 264 g/mol. The molecule has 0 heterocycles. The lowest BCUT2D eigenvalue weighted by atomic mass is 10.2. The predicted octanol–water partition coefficient (Wildman–Crippen LogP) is 0.876. The number of hydrogen-bond acceptors (Lipinski definition) is 8. The summed E-state index contributed by atoms with van der Waals surface area (Å²) in [5.41, 5.74) is 0. The van der Waals surface area contributed by atoms with E-state index in [0.29, 0.717) is 13.1 Å². The maximum atomic E-state index is 9.63. The van der Waals surface area contributed by atoms with Crippen molar-refractivity contribution in [1.82, 2.24) is 0 Å². The van der Waals surface area contributed by atoms with Crippen molar-refractivity contribution in [2.45, 2.75) is 25.7 Å². The quantitative estimate of drug-likeness (QED) is 0.335. The van der Waals surface area contributed by atoms with Gasteiger partial charge in [0.2, 0.25) is 24.3 Å². The van der Waals surface area contributed by atoms with Gasteiger partial charge in [-0.3, -0.25) is 0 Å². The van der Waals surface area contributed by atoms with E-state index < -0.39 is 0 Å². The van der Waals surface area contributed by atoms with Crippen molar-refractivity contribution >= 4 is 24.3 Å². The SMILES string of the molecule is O=C=NCCCCCCN=C=O.O=C=NCCN=C=O. The summed E-state index contributed by atoms with van der Waals surface area (Å²) in [6, 6.07) is 0. The summed E-state index contributed by atoms with van der Waals surface area (Å²) in [5, 5.41) is 0. The molecule has 0 aliphatic heterocycles. The van der Waals surface area contributed by atoms with Crippen LogP contribution >= 0.6 is 0 Å². The highest BCUT2D eigenvalue weighted by molar-refractivity contribution is 5.34. The second kappa shape index (κ2) is 21.8. The third-order valence-electron chi connectivity index (χ3n) is 1.87. The Morgan fingerprint density at radius 1 is 0.450 bits per heavy atom. The van der Waals surface area contributed by atoms with E-state index in [1.165, 1.54) is 24.3 Å². The van der Waals surface area contributed by atoms with E-state index in [-0.39, 0.29) is 13.1 Å². The number of rotatable bonds is 10. The first-order chi connectivity index (χ1) is 9.83. The summed E-state index contributed by atoms with van der Waals surface area (Å²) in [6.45, 7) is 1.55. The molecule has 0 unspecified atom stereocenters. The van der Waals surface area contributed by atoms with Crippen molar-refractivity contribution in [2.75, 3.05) is 26.2 Å². The molecule has 0 amide bonds. The number of unbranched alkanes of at least 4 members (excludes halogenated alkanes) is 3. The van der Waals surface area contributed by atoms with E-state index in [4.69, 9.17) is 0 Å². The van der Waals surface area contributed by atoms with Gasteiger partial charge in [0, 0.05) is 0 Å². The first-order valence-electron chi connectivity index (χ1n) is 5.98. The molecule has 0 saturated heterocycles. The smallest absolute Gasteiger partial charge is 0.211 e. The first-order valence-corrected chi connectivity index (χ1v) is 5.98.